The lowest BCUT2D eigenvalue weighted by Crippen LogP contribution is -2.09. The minimum absolute atomic E-state index is 0.429. The molecule has 0 fully saturated rings. The maximum absolute atomic E-state index is 5.54. The Bertz CT molecular complexity index is 520. The Morgan fingerprint density at radius 1 is 1.24 bits per heavy atom. The summed E-state index contributed by atoms with van der Waals surface area (Å²) >= 11 is 10.1. The lowest BCUT2D eigenvalue weighted by Gasteiger charge is -2.05. The van der Waals surface area contributed by atoms with Crippen LogP contribution in [0.3, 0.4) is 0 Å². The summed E-state index contributed by atoms with van der Waals surface area (Å²) in [6, 6.07) is 12.0. The van der Waals surface area contributed by atoms with Gasteiger partial charge in [-0.1, -0.05) is 12.2 Å². The van der Waals surface area contributed by atoms with Crippen molar-refractivity contribution in [2.75, 3.05) is 5.32 Å². The summed E-state index contributed by atoms with van der Waals surface area (Å²) in [4.78, 5) is 1.72. The molecular formula is C12H11BrN2S2. The molecule has 0 unspecified atom stereocenters. The van der Waals surface area contributed by atoms with Crippen LogP contribution in [0.4, 0.5) is 5.69 Å². The molecule has 88 valence electrons. The summed E-state index contributed by atoms with van der Waals surface area (Å²) < 4.78 is 1.15. The van der Waals surface area contributed by atoms with Crippen molar-refractivity contribution in [1.82, 2.24) is 0 Å². The van der Waals surface area contributed by atoms with E-state index >= 15 is 0 Å². The highest BCUT2D eigenvalue weighted by atomic mass is 79.9. The van der Waals surface area contributed by atoms with Crippen molar-refractivity contribution in [1.29, 1.82) is 0 Å². The van der Waals surface area contributed by atoms with Gasteiger partial charge in [-0.2, -0.15) is 0 Å². The van der Waals surface area contributed by atoms with Crippen molar-refractivity contribution >= 4 is 50.2 Å². The van der Waals surface area contributed by atoms with E-state index in [1.807, 2.05) is 24.3 Å². The molecule has 0 aliphatic carbocycles. The number of benzene rings is 1. The van der Waals surface area contributed by atoms with Crippen LogP contribution in [-0.2, 0) is 6.54 Å². The molecule has 0 saturated carbocycles. The fourth-order valence-electron chi connectivity index (χ4n) is 1.39. The van der Waals surface area contributed by atoms with Gasteiger partial charge in [-0.15, -0.1) is 11.3 Å². The van der Waals surface area contributed by atoms with Gasteiger partial charge in [0.1, 0.15) is 4.99 Å². The molecule has 17 heavy (non-hydrogen) atoms. The molecule has 0 aliphatic heterocycles. The van der Waals surface area contributed by atoms with Crippen molar-refractivity contribution in [2.45, 2.75) is 6.54 Å². The van der Waals surface area contributed by atoms with E-state index in [9.17, 15) is 0 Å². The Morgan fingerprint density at radius 2 is 1.94 bits per heavy atom. The molecule has 2 rings (SSSR count). The first-order valence-corrected chi connectivity index (χ1v) is 7.05. The highest BCUT2D eigenvalue weighted by molar-refractivity contribution is 9.11. The molecule has 1 aromatic heterocycles. The van der Waals surface area contributed by atoms with Crippen LogP contribution < -0.4 is 11.1 Å². The average Bonchev–Trinajstić information content (AvgIpc) is 2.73. The zero-order valence-electron chi connectivity index (χ0n) is 8.94. The zero-order valence-corrected chi connectivity index (χ0v) is 12.2. The van der Waals surface area contributed by atoms with Gasteiger partial charge in [0.05, 0.1) is 3.79 Å². The second-order valence-corrected chi connectivity index (χ2v) is 6.49. The summed E-state index contributed by atoms with van der Waals surface area (Å²) in [7, 11) is 0. The minimum Gasteiger partial charge on any atom is -0.389 e. The molecule has 0 radical (unpaired) electrons. The number of thiocarbonyl (C=S) groups is 1. The lowest BCUT2D eigenvalue weighted by atomic mass is 10.2. The molecular weight excluding hydrogens is 316 g/mol. The molecule has 0 bridgehead atoms. The molecule has 1 heterocycles. The van der Waals surface area contributed by atoms with Crippen molar-refractivity contribution in [3.63, 3.8) is 0 Å². The van der Waals surface area contributed by atoms with Gasteiger partial charge in [0, 0.05) is 22.7 Å². The first-order chi connectivity index (χ1) is 8.15. The Hall–Kier alpha value is -0.910. The van der Waals surface area contributed by atoms with E-state index in [0.29, 0.717) is 4.99 Å². The summed E-state index contributed by atoms with van der Waals surface area (Å²) in [6.45, 7) is 0.822. The minimum atomic E-state index is 0.429. The van der Waals surface area contributed by atoms with E-state index in [-0.39, 0.29) is 0 Å². The standard InChI is InChI=1S/C12H11BrN2S2/c13-11-6-5-10(17-11)7-15-9-3-1-8(2-4-9)12(14)16/h1-6,15H,7H2,(H2,14,16). The van der Waals surface area contributed by atoms with E-state index in [4.69, 9.17) is 18.0 Å². The fourth-order valence-corrected chi connectivity index (χ4v) is 2.95. The number of anilines is 1. The maximum atomic E-state index is 5.54. The largest absolute Gasteiger partial charge is 0.389 e. The molecule has 0 spiro atoms. The van der Waals surface area contributed by atoms with Crippen molar-refractivity contribution in [3.05, 3.63) is 50.6 Å². The van der Waals surface area contributed by atoms with Gasteiger partial charge in [0.2, 0.25) is 0 Å². The van der Waals surface area contributed by atoms with E-state index < -0.39 is 0 Å². The Kier molecular flexibility index (Phi) is 4.15. The zero-order chi connectivity index (χ0) is 12.3. The first kappa shape index (κ1) is 12.5. The molecule has 0 amide bonds. The predicted octanol–water partition coefficient (Wildman–Crippen LogP) is 3.76. The summed E-state index contributed by atoms with van der Waals surface area (Å²) in [6.07, 6.45) is 0. The molecule has 0 atom stereocenters. The molecule has 1 aromatic carbocycles. The van der Waals surface area contributed by atoms with Gasteiger partial charge in [-0.25, -0.2) is 0 Å². The molecule has 5 heteroatoms. The highest BCUT2D eigenvalue weighted by Gasteiger charge is 1.99. The first-order valence-electron chi connectivity index (χ1n) is 5.03. The summed E-state index contributed by atoms with van der Waals surface area (Å²) in [5.41, 5.74) is 7.50. The third kappa shape index (κ3) is 3.52. The van der Waals surface area contributed by atoms with E-state index in [0.717, 1.165) is 21.6 Å². The Labute approximate surface area is 118 Å². The number of halogens is 1. The summed E-state index contributed by atoms with van der Waals surface area (Å²) in [5.74, 6) is 0. The normalized spacial score (nSPS) is 10.2. The SMILES string of the molecule is NC(=S)c1ccc(NCc2ccc(Br)s2)cc1. The van der Waals surface area contributed by atoms with Crippen LogP contribution in [0.15, 0.2) is 40.2 Å². The number of rotatable bonds is 4. The molecule has 3 N–H and O–H groups in total. The van der Waals surface area contributed by atoms with E-state index in [1.54, 1.807) is 11.3 Å². The fraction of sp³-hybridized carbons (Fsp3) is 0.0833. The van der Waals surface area contributed by atoms with Crippen LogP contribution in [0, 0.1) is 0 Å². The monoisotopic (exact) mass is 326 g/mol. The third-order valence-electron chi connectivity index (χ3n) is 2.27. The number of thiophene rings is 1. The second-order valence-electron chi connectivity index (χ2n) is 3.50. The van der Waals surface area contributed by atoms with Gasteiger partial charge < -0.3 is 11.1 Å². The Morgan fingerprint density at radius 3 is 2.47 bits per heavy atom. The number of nitrogens with two attached hydrogens (primary N) is 1. The summed E-state index contributed by atoms with van der Waals surface area (Å²) in [5, 5.41) is 3.35. The van der Waals surface area contributed by atoms with Crippen LogP contribution in [-0.4, -0.2) is 4.99 Å². The van der Waals surface area contributed by atoms with Gasteiger partial charge in [0.25, 0.3) is 0 Å². The third-order valence-corrected chi connectivity index (χ3v) is 4.12. The quantitative estimate of drug-likeness (QED) is 0.840. The van der Waals surface area contributed by atoms with Crippen LogP contribution in [0.25, 0.3) is 0 Å². The molecule has 0 saturated heterocycles. The Balaban J connectivity index is 1.97. The molecule has 2 nitrogen and oxygen atoms in total. The average molecular weight is 327 g/mol. The number of nitrogens with one attached hydrogen (secondary N) is 1. The highest BCUT2D eigenvalue weighted by Crippen LogP contribution is 2.22. The molecule has 0 aliphatic rings. The maximum Gasteiger partial charge on any atom is 0.103 e. The lowest BCUT2D eigenvalue weighted by molar-refractivity contribution is 1.19. The number of hydrogen-bond donors (Lipinski definition) is 2. The van der Waals surface area contributed by atoms with E-state index in [1.165, 1.54) is 4.88 Å². The van der Waals surface area contributed by atoms with E-state index in [2.05, 4.69) is 33.4 Å². The number of hydrogen-bond acceptors (Lipinski definition) is 3. The molecule has 2 aromatic rings. The van der Waals surface area contributed by atoms with Crippen molar-refractivity contribution < 1.29 is 0 Å². The van der Waals surface area contributed by atoms with Gasteiger partial charge in [-0.05, 0) is 52.3 Å². The topological polar surface area (TPSA) is 38.0 Å². The van der Waals surface area contributed by atoms with Crippen molar-refractivity contribution in [2.24, 2.45) is 5.73 Å². The van der Waals surface area contributed by atoms with Crippen LogP contribution in [0.2, 0.25) is 0 Å². The van der Waals surface area contributed by atoms with Gasteiger partial charge in [-0.3, -0.25) is 0 Å². The van der Waals surface area contributed by atoms with Gasteiger partial charge >= 0.3 is 0 Å². The second kappa shape index (κ2) is 5.62. The smallest absolute Gasteiger partial charge is 0.103 e. The van der Waals surface area contributed by atoms with Gasteiger partial charge in [0.15, 0.2) is 0 Å². The predicted molar refractivity (Wildman–Crippen MR) is 81.7 cm³/mol. The van der Waals surface area contributed by atoms with Crippen LogP contribution in [0.5, 0.6) is 0 Å². The van der Waals surface area contributed by atoms with Crippen LogP contribution >= 0.6 is 39.5 Å². The van der Waals surface area contributed by atoms with Crippen LogP contribution in [0.1, 0.15) is 10.4 Å². The van der Waals surface area contributed by atoms with Crippen molar-refractivity contribution in [3.8, 4) is 0 Å².